The first-order valence-corrected chi connectivity index (χ1v) is 44.8. The van der Waals surface area contributed by atoms with E-state index in [0.29, 0.717) is 25.7 Å². The van der Waals surface area contributed by atoms with Gasteiger partial charge in [0.05, 0.1) is 26.4 Å². The lowest BCUT2D eigenvalue weighted by atomic mass is 10.0. The zero-order valence-electron chi connectivity index (χ0n) is 66.8. The monoisotopic (exact) mass is 1530 g/mol. The van der Waals surface area contributed by atoms with E-state index in [1.54, 1.807) is 0 Å². The van der Waals surface area contributed by atoms with Gasteiger partial charge in [-0.2, -0.15) is 0 Å². The molecule has 0 saturated heterocycles. The van der Waals surface area contributed by atoms with Gasteiger partial charge in [0, 0.05) is 25.7 Å². The lowest BCUT2D eigenvalue weighted by Gasteiger charge is -2.21. The summed E-state index contributed by atoms with van der Waals surface area (Å²) in [7, 11) is -9.97. The Bertz CT molecular complexity index is 2480. The number of phosphoric ester groups is 2. The van der Waals surface area contributed by atoms with Crippen LogP contribution in [0.3, 0.4) is 0 Å². The van der Waals surface area contributed by atoms with Crippen molar-refractivity contribution in [3.63, 3.8) is 0 Å². The van der Waals surface area contributed by atoms with Gasteiger partial charge in [-0.3, -0.25) is 37.3 Å². The van der Waals surface area contributed by atoms with Crippen molar-refractivity contribution >= 4 is 39.5 Å². The van der Waals surface area contributed by atoms with E-state index in [0.717, 1.165) is 199 Å². The van der Waals surface area contributed by atoms with E-state index in [4.69, 9.17) is 37.0 Å². The Balaban J connectivity index is 5.36. The van der Waals surface area contributed by atoms with Crippen molar-refractivity contribution in [3.8, 4) is 0 Å². The summed E-state index contributed by atoms with van der Waals surface area (Å²) in [6.45, 7) is 4.62. The van der Waals surface area contributed by atoms with Gasteiger partial charge in [-0.15, -0.1) is 0 Å². The Hall–Kier alpha value is -4.54. The third kappa shape index (κ3) is 77.6. The highest BCUT2D eigenvalue weighted by Gasteiger charge is 2.30. The molecule has 0 bridgehead atoms. The van der Waals surface area contributed by atoms with Crippen LogP contribution in [-0.4, -0.2) is 96.7 Å². The molecule has 0 saturated carbocycles. The molecule has 0 aromatic carbocycles. The number of aliphatic hydroxyl groups is 1. The summed E-state index contributed by atoms with van der Waals surface area (Å²) >= 11 is 0. The van der Waals surface area contributed by atoms with Gasteiger partial charge < -0.3 is 33.8 Å². The van der Waals surface area contributed by atoms with Crippen molar-refractivity contribution in [1.82, 2.24) is 0 Å². The summed E-state index contributed by atoms with van der Waals surface area (Å²) in [6, 6.07) is 0. The van der Waals surface area contributed by atoms with Crippen LogP contribution < -0.4 is 0 Å². The van der Waals surface area contributed by atoms with Crippen LogP contribution in [0.1, 0.15) is 349 Å². The van der Waals surface area contributed by atoms with Gasteiger partial charge in [0.25, 0.3) is 0 Å². The molecule has 0 fully saturated rings. The zero-order valence-corrected chi connectivity index (χ0v) is 68.6. The van der Waals surface area contributed by atoms with E-state index in [1.165, 1.54) is 70.6 Å². The van der Waals surface area contributed by atoms with E-state index >= 15 is 0 Å². The molecule has 0 aromatic heterocycles. The smallest absolute Gasteiger partial charge is 0.462 e. The molecule has 0 aliphatic rings. The second-order valence-corrected chi connectivity index (χ2v) is 30.6. The molecule has 106 heavy (non-hydrogen) atoms. The minimum absolute atomic E-state index is 0.0711. The van der Waals surface area contributed by atoms with Crippen LogP contribution in [0.25, 0.3) is 0 Å². The number of ether oxygens (including phenoxy) is 4. The maximum atomic E-state index is 13.1. The SMILES string of the molecule is CC/C=C\C/C=C\C/C=C\C/C=C\CCCCCCCCC(=O)OCC(COP(=O)(O)OCC(O)COP(=O)(O)OCC(COC(=O)CCCCCCCC/C=C\C/C=C\C/C=C\CCCCC)OC(=O)CCCCCCC/C=C\C/C=C\C/C=C\CC)OC(=O)CCCCCCCCCCCCCCC. The number of hydrogen-bond donors (Lipinski definition) is 3. The lowest BCUT2D eigenvalue weighted by Crippen LogP contribution is -2.30. The first-order chi connectivity index (χ1) is 51.7. The van der Waals surface area contributed by atoms with Crippen LogP contribution in [0.4, 0.5) is 0 Å². The zero-order chi connectivity index (χ0) is 77.4. The maximum Gasteiger partial charge on any atom is 0.472 e. The standard InChI is InChI=1S/C87H150O17P2/c1-5-9-13-17-21-25-29-33-36-38-40-42-45-48-51-55-59-63-67-71-84(89)97-77-82(103-86(91)73-69-65-61-57-53-47-32-28-24-20-16-12-8-4)79-101-105(93,94)99-75-81(88)76-100-106(95,96)102-80-83(104-87(92)74-70-66-62-58-54-50-44-35-31-27-23-19-15-11-7-3)78-98-85(90)72-68-64-60-56-52-49-46-43-41-39-37-34-30-26-22-18-14-10-6-2/h9,11,13,15,21-23,25-27,33-37,40-44,81-83,88H,5-8,10,12,14,16-20,24,28-32,38-39,45-80H2,1-4H3,(H,93,94)(H,95,96)/b13-9-,15-11-,25-21-,26-22-,27-23-,36-33-,37-34-,42-40-,43-41-,44-35-. The predicted molar refractivity (Wildman–Crippen MR) is 436 cm³/mol. The van der Waals surface area contributed by atoms with Crippen molar-refractivity contribution in [1.29, 1.82) is 0 Å². The number of allylic oxidation sites excluding steroid dienone is 20. The largest absolute Gasteiger partial charge is 0.472 e. The molecular formula is C87H150O17P2. The molecule has 0 spiro atoms. The van der Waals surface area contributed by atoms with E-state index in [9.17, 15) is 43.2 Å². The van der Waals surface area contributed by atoms with Crippen LogP contribution >= 0.6 is 15.6 Å². The van der Waals surface area contributed by atoms with Gasteiger partial charge in [-0.05, 0) is 135 Å². The highest BCUT2D eigenvalue weighted by atomic mass is 31.2. The average molecular weight is 1530 g/mol. The summed E-state index contributed by atoms with van der Waals surface area (Å²) in [4.78, 5) is 73.2. The molecule has 0 aliphatic heterocycles. The number of carbonyl (C=O) groups excluding carboxylic acids is 4. The predicted octanol–water partition coefficient (Wildman–Crippen LogP) is 24.7. The van der Waals surface area contributed by atoms with E-state index in [2.05, 4.69) is 149 Å². The van der Waals surface area contributed by atoms with Crippen molar-refractivity contribution in [2.75, 3.05) is 39.6 Å². The molecule has 17 nitrogen and oxygen atoms in total. The second kappa shape index (κ2) is 78.6. The van der Waals surface area contributed by atoms with Crippen molar-refractivity contribution in [2.45, 2.75) is 367 Å². The number of hydrogen-bond acceptors (Lipinski definition) is 15. The first-order valence-electron chi connectivity index (χ1n) is 41.8. The fraction of sp³-hybridized carbons (Fsp3) is 0.724. The van der Waals surface area contributed by atoms with E-state index in [-0.39, 0.29) is 25.7 Å². The maximum absolute atomic E-state index is 13.1. The second-order valence-electron chi connectivity index (χ2n) is 27.7. The normalized spacial score (nSPS) is 14.4. The summed E-state index contributed by atoms with van der Waals surface area (Å²) in [5.41, 5.74) is 0. The molecule has 5 atom stereocenters. The molecular weight excluding hydrogens is 1380 g/mol. The quantitative estimate of drug-likeness (QED) is 0.0169. The molecule has 0 aliphatic carbocycles. The fourth-order valence-corrected chi connectivity index (χ4v) is 12.7. The molecule has 0 radical (unpaired) electrons. The van der Waals surface area contributed by atoms with Gasteiger partial charge in [0.15, 0.2) is 12.2 Å². The van der Waals surface area contributed by atoms with Crippen LogP contribution in [0, 0.1) is 0 Å². The number of aliphatic hydroxyl groups excluding tert-OH is 1. The average Bonchev–Trinajstić information content (AvgIpc) is 0.901. The highest BCUT2D eigenvalue weighted by molar-refractivity contribution is 7.47. The van der Waals surface area contributed by atoms with Crippen molar-refractivity contribution in [2.24, 2.45) is 0 Å². The fourth-order valence-electron chi connectivity index (χ4n) is 11.1. The molecule has 5 unspecified atom stereocenters. The van der Waals surface area contributed by atoms with Crippen LogP contribution in [0.2, 0.25) is 0 Å². The molecule has 610 valence electrons. The van der Waals surface area contributed by atoms with Gasteiger partial charge >= 0.3 is 39.5 Å². The van der Waals surface area contributed by atoms with Crippen molar-refractivity contribution in [3.05, 3.63) is 122 Å². The molecule has 19 heteroatoms. The number of rotatable bonds is 78. The summed E-state index contributed by atoms with van der Waals surface area (Å²) in [5, 5.41) is 10.7. The Labute approximate surface area is 644 Å². The minimum Gasteiger partial charge on any atom is -0.462 e. The first kappa shape index (κ1) is 101. The van der Waals surface area contributed by atoms with Crippen LogP contribution in [-0.2, 0) is 65.4 Å². The van der Waals surface area contributed by atoms with E-state index in [1.807, 2.05) is 0 Å². The number of carbonyl (C=O) groups is 4. The van der Waals surface area contributed by atoms with Gasteiger partial charge in [-0.25, -0.2) is 9.13 Å². The summed E-state index contributed by atoms with van der Waals surface area (Å²) < 4.78 is 68.7. The Morgan fingerprint density at radius 3 is 0.774 bits per heavy atom. The number of unbranched alkanes of at least 4 members (excludes halogenated alkanes) is 32. The third-order valence-electron chi connectivity index (χ3n) is 17.4. The Kier molecular flexibility index (Phi) is 75.2. The molecule has 0 rings (SSSR count). The third-order valence-corrected chi connectivity index (χ3v) is 19.3. The van der Waals surface area contributed by atoms with Gasteiger partial charge in [-0.1, -0.05) is 310 Å². The molecule has 0 amide bonds. The summed E-state index contributed by atoms with van der Waals surface area (Å²) in [5.74, 6) is -2.21. The lowest BCUT2D eigenvalue weighted by molar-refractivity contribution is -0.161. The minimum atomic E-state index is -4.99. The van der Waals surface area contributed by atoms with Gasteiger partial charge in [0.2, 0.25) is 0 Å². The topological polar surface area (TPSA) is 237 Å². The summed E-state index contributed by atoms with van der Waals surface area (Å²) in [6.07, 6.45) is 87.3. The molecule has 0 heterocycles. The Morgan fingerprint density at radius 1 is 0.274 bits per heavy atom. The van der Waals surface area contributed by atoms with Crippen LogP contribution in [0.5, 0.6) is 0 Å². The highest BCUT2D eigenvalue weighted by Crippen LogP contribution is 2.45. The Morgan fingerprint density at radius 2 is 0.491 bits per heavy atom. The van der Waals surface area contributed by atoms with Crippen LogP contribution in [0.15, 0.2) is 122 Å². The number of esters is 4. The number of phosphoric acid groups is 2. The molecule has 3 N–H and O–H groups in total. The van der Waals surface area contributed by atoms with E-state index < -0.39 is 97.5 Å². The molecule has 0 aromatic rings. The van der Waals surface area contributed by atoms with Gasteiger partial charge in [0.1, 0.15) is 19.3 Å². The van der Waals surface area contributed by atoms with Crippen molar-refractivity contribution < 1.29 is 80.2 Å².